The second-order valence-corrected chi connectivity index (χ2v) is 11.6. The van der Waals surface area contributed by atoms with Gasteiger partial charge in [0.1, 0.15) is 13.2 Å². The van der Waals surface area contributed by atoms with E-state index in [2.05, 4.69) is 10.3 Å². The maximum atomic E-state index is 13.7. The molecule has 0 radical (unpaired) electrons. The van der Waals surface area contributed by atoms with Gasteiger partial charge in [-0.05, 0) is 19.1 Å². The van der Waals surface area contributed by atoms with E-state index in [1.165, 1.54) is 40.3 Å². The normalized spacial score (nSPS) is 16.3. The molecule has 0 amide bonds. The number of nitro benzene ring substituents is 1. The van der Waals surface area contributed by atoms with Crippen molar-refractivity contribution in [3.8, 4) is 5.69 Å². The zero-order valence-electron chi connectivity index (χ0n) is 19.4. The molecule has 3 heterocycles. The Hall–Kier alpha value is -2.17. The molecule has 2 aliphatic heterocycles. The molecule has 0 spiro atoms. The molecular formula is C21H24N6O5S4. The number of ether oxygens (including phenoxy) is 2. The Balaban J connectivity index is 1.55. The Bertz CT molecular complexity index is 1100. The number of thioether (sulfide) groups is 2. The zero-order valence-corrected chi connectivity index (χ0v) is 22.7. The molecule has 36 heavy (non-hydrogen) atoms. The number of nitrogens with zero attached hydrogens (tertiary/aromatic N) is 6. The van der Waals surface area contributed by atoms with Crippen molar-refractivity contribution >= 4 is 68.1 Å². The van der Waals surface area contributed by atoms with Crippen LogP contribution in [-0.2, 0) is 9.47 Å². The highest BCUT2D eigenvalue weighted by molar-refractivity contribution is 8.37. The summed E-state index contributed by atoms with van der Waals surface area (Å²) in [6.45, 7) is 6.75. The number of hydrogen-bond donors (Lipinski definition) is 0. The molecule has 1 aromatic heterocycles. The molecule has 0 saturated carbocycles. The molecule has 0 atom stereocenters. The van der Waals surface area contributed by atoms with Crippen LogP contribution in [0.5, 0.6) is 0 Å². The fourth-order valence-corrected chi connectivity index (χ4v) is 7.10. The molecule has 0 aliphatic carbocycles. The SMILES string of the molecule is Cc1c(C(=O)C(SC(=S)N2CCOCC2)SC(=S)N2CCOCC2)nnn1-c1ccc([N+](=O)[O-])cc1. The van der Waals surface area contributed by atoms with Crippen molar-refractivity contribution in [1.29, 1.82) is 0 Å². The number of hydrogen-bond acceptors (Lipinski definition) is 11. The second-order valence-electron chi connectivity index (χ2n) is 7.87. The second kappa shape index (κ2) is 12.4. The predicted molar refractivity (Wildman–Crippen MR) is 146 cm³/mol. The molecule has 1 aromatic carbocycles. The first-order valence-corrected chi connectivity index (χ1v) is 13.7. The van der Waals surface area contributed by atoms with E-state index in [-0.39, 0.29) is 17.2 Å². The van der Waals surface area contributed by atoms with Gasteiger partial charge in [-0.3, -0.25) is 14.9 Å². The summed E-state index contributed by atoms with van der Waals surface area (Å²) in [5.74, 6) is -0.248. The summed E-state index contributed by atoms with van der Waals surface area (Å²) in [4.78, 5) is 28.3. The van der Waals surface area contributed by atoms with E-state index < -0.39 is 9.51 Å². The topological polar surface area (TPSA) is 116 Å². The molecule has 11 nitrogen and oxygen atoms in total. The van der Waals surface area contributed by atoms with Crippen molar-refractivity contribution in [1.82, 2.24) is 24.8 Å². The third-order valence-corrected chi connectivity index (χ3v) is 9.05. The number of morpholine rings is 2. The lowest BCUT2D eigenvalue weighted by Gasteiger charge is -2.32. The third-order valence-electron chi connectivity index (χ3n) is 5.60. The standard InChI is InChI=1S/C21H24N6O5S4/c1-14-17(22-23-26(14)15-2-4-16(5-3-15)27(29)30)18(28)19(35-20(33)24-6-10-31-11-7-24)36-21(34)25-8-12-32-13-9-25/h2-5,19H,6-13H2,1H3. The smallest absolute Gasteiger partial charge is 0.269 e. The number of aromatic nitrogens is 3. The summed E-state index contributed by atoms with van der Waals surface area (Å²) >= 11 is 13.9. The van der Waals surface area contributed by atoms with Crippen molar-refractivity contribution in [2.45, 2.75) is 11.5 Å². The summed E-state index contributed by atoms with van der Waals surface area (Å²) in [5.41, 5.74) is 1.26. The Morgan fingerprint density at radius 1 is 1.00 bits per heavy atom. The quantitative estimate of drug-likeness (QED) is 0.167. The average Bonchev–Trinajstić information content (AvgIpc) is 3.29. The molecule has 2 aromatic rings. The summed E-state index contributed by atoms with van der Waals surface area (Å²) in [5, 5.41) is 19.3. The summed E-state index contributed by atoms with van der Waals surface area (Å²) in [6.07, 6.45) is 0. The highest BCUT2D eigenvalue weighted by Crippen LogP contribution is 2.33. The van der Waals surface area contributed by atoms with E-state index in [0.29, 0.717) is 72.6 Å². The van der Waals surface area contributed by atoms with Gasteiger partial charge in [0.05, 0.1) is 42.7 Å². The van der Waals surface area contributed by atoms with E-state index in [1.807, 2.05) is 9.80 Å². The van der Waals surface area contributed by atoms with Crippen molar-refractivity contribution in [2.75, 3.05) is 52.6 Å². The average molecular weight is 569 g/mol. The van der Waals surface area contributed by atoms with Gasteiger partial charge in [-0.25, -0.2) is 4.68 Å². The van der Waals surface area contributed by atoms with Crippen molar-refractivity contribution in [2.24, 2.45) is 0 Å². The zero-order chi connectivity index (χ0) is 25.7. The Labute approximate surface area is 227 Å². The molecule has 0 bridgehead atoms. The number of benzene rings is 1. The monoisotopic (exact) mass is 568 g/mol. The molecule has 0 unspecified atom stereocenters. The number of rotatable bonds is 6. The van der Waals surface area contributed by atoms with E-state index in [0.717, 1.165) is 0 Å². The van der Waals surface area contributed by atoms with Crippen LogP contribution < -0.4 is 0 Å². The van der Waals surface area contributed by atoms with Gasteiger partial charge in [-0.1, -0.05) is 53.2 Å². The van der Waals surface area contributed by atoms with Crippen LogP contribution >= 0.6 is 48.0 Å². The Morgan fingerprint density at radius 2 is 1.50 bits per heavy atom. The lowest BCUT2D eigenvalue weighted by atomic mass is 10.2. The number of thiocarbonyl (C=S) groups is 2. The summed E-state index contributed by atoms with van der Waals surface area (Å²) in [7, 11) is 0. The molecule has 2 saturated heterocycles. The Morgan fingerprint density at radius 3 is 1.97 bits per heavy atom. The van der Waals surface area contributed by atoms with Gasteiger partial charge in [0.2, 0.25) is 5.78 Å². The number of Topliss-reactive ketones (excluding diaryl/α,β-unsaturated/α-hetero) is 1. The van der Waals surface area contributed by atoms with E-state index >= 15 is 0 Å². The highest BCUT2D eigenvalue weighted by atomic mass is 32.2. The minimum absolute atomic E-state index is 0.0334. The van der Waals surface area contributed by atoms with Crippen LogP contribution in [0.4, 0.5) is 5.69 Å². The molecule has 192 valence electrons. The van der Waals surface area contributed by atoms with Gasteiger partial charge in [0, 0.05) is 38.3 Å². The molecule has 4 rings (SSSR count). The molecular weight excluding hydrogens is 545 g/mol. The van der Waals surface area contributed by atoms with Gasteiger partial charge >= 0.3 is 0 Å². The minimum Gasteiger partial charge on any atom is -0.378 e. The van der Waals surface area contributed by atoms with Gasteiger partial charge in [-0.2, -0.15) is 0 Å². The van der Waals surface area contributed by atoms with Crippen LogP contribution in [0.3, 0.4) is 0 Å². The molecule has 2 fully saturated rings. The van der Waals surface area contributed by atoms with Gasteiger partial charge in [0.15, 0.2) is 5.69 Å². The van der Waals surface area contributed by atoms with E-state index in [4.69, 9.17) is 33.9 Å². The molecule has 2 aliphatic rings. The van der Waals surface area contributed by atoms with Gasteiger partial charge in [0.25, 0.3) is 5.69 Å². The number of nitro groups is 1. The van der Waals surface area contributed by atoms with Crippen molar-refractivity contribution in [3.63, 3.8) is 0 Å². The number of ketones is 1. The number of carbonyl (C=O) groups excluding carboxylic acids is 1. The molecule has 15 heteroatoms. The van der Waals surface area contributed by atoms with Gasteiger partial charge in [-0.15, -0.1) is 5.10 Å². The largest absolute Gasteiger partial charge is 0.378 e. The van der Waals surface area contributed by atoms with Crippen LogP contribution in [0.25, 0.3) is 5.69 Å². The van der Waals surface area contributed by atoms with Crippen molar-refractivity contribution < 1.29 is 19.2 Å². The van der Waals surface area contributed by atoms with Crippen LogP contribution in [0, 0.1) is 17.0 Å². The van der Waals surface area contributed by atoms with Crippen LogP contribution in [0.1, 0.15) is 16.2 Å². The van der Waals surface area contributed by atoms with E-state index in [1.54, 1.807) is 19.1 Å². The fourth-order valence-electron chi connectivity index (χ4n) is 3.58. The predicted octanol–water partition coefficient (Wildman–Crippen LogP) is 2.69. The van der Waals surface area contributed by atoms with Crippen molar-refractivity contribution in [3.05, 3.63) is 45.8 Å². The lowest BCUT2D eigenvalue weighted by Crippen LogP contribution is -2.41. The van der Waals surface area contributed by atoms with E-state index in [9.17, 15) is 14.9 Å². The summed E-state index contributed by atoms with van der Waals surface area (Å²) in [6, 6.07) is 5.90. The van der Waals surface area contributed by atoms with Crippen LogP contribution in [0.15, 0.2) is 24.3 Å². The Kier molecular flexibility index (Phi) is 9.25. The number of carbonyl (C=O) groups is 1. The third kappa shape index (κ3) is 6.39. The first-order valence-electron chi connectivity index (χ1n) is 11.1. The van der Waals surface area contributed by atoms with Gasteiger partial charge < -0.3 is 19.3 Å². The molecule has 0 N–H and O–H groups in total. The maximum absolute atomic E-state index is 13.7. The van der Waals surface area contributed by atoms with Crippen LogP contribution in [-0.4, -0.2) is 101 Å². The maximum Gasteiger partial charge on any atom is 0.269 e. The first-order chi connectivity index (χ1) is 17.3. The minimum atomic E-state index is -0.656. The lowest BCUT2D eigenvalue weighted by molar-refractivity contribution is -0.384. The van der Waals surface area contributed by atoms with Crippen LogP contribution in [0.2, 0.25) is 0 Å². The number of non-ortho nitro benzene ring substituents is 1. The fraction of sp³-hybridized carbons (Fsp3) is 0.476. The summed E-state index contributed by atoms with van der Waals surface area (Å²) < 4.78 is 12.9. The first kappa shape index (κ1) is 26.9. The highest BCUT2D eigenvalue weighted by Gasteiger charge is 2.32.